The molecule has 4 aromatic carbocycles. The van der Waals surface area contributed by atoms with Crippen LogP contribution >= 0.6 is 0 Å². The Morgan fingerprint density at radius 1 is 0.905 bits per heavy atom. The fraction of sp³-hybridized carbons (Fsp3) is 0.286. The number of likely N-dealkylation sites (tertiary alicyclic amines) is 1. The van der Waals surface area contributed by atoms with Gasteiger partial charge in [0.25, 0.3) is 11.6 Å². The molecule has 0 bridgehead atoms. The molecule has 1 heterocycles. The molecule has 7 nitrogen and oxygen atoms in total. The van der Waals surface area contributed by atoms with E-state index < -0.39 is 4.92 Å². The molecule has 1 aliphatic rings. The number of carbonyl (C=O) groups excluding carboxylic acids is 1. The Labute approximate surface area is 247 Å². The summed E-state index contributed by atoms with van der Waals surface area (Å²) in [6.45, 7) is 3.71. The third-order valence-electron chi connectivity index (χ3n) is 8.47. The number of nitrogens with one attached hydrogen (secondary N) is 1. The Kier molecular flexibility index (Phi) is 8.98. The molecule has 7 heteroatoms. The van der Waals surface area contributed by atoms with E-state index in [0.29, 0.717) is 12.0 Å². The van der Waals surface area contributed by atoms with Crippen LogP contribution in [0.5, 0.6) is 5.75 Å². The molecule has 2 N–H and O–H groups in total. The lowest BCUT2D eigenvalue weighted by Gasteiger charge is -2.37. The van der Waals surface area contributed by atoms with E-state index in [1.54, 1.807) is 24.3 Å². The van der Waals surface area contributed by atoms with Gasteiger partial charge in [0.1, 0.15) is 5.75 Å². The van der Waals surface area contributed by atoms with E-state index in [-0.39, 0.29) is 34.8 Å². The van der Waals surface area contributed by atoms with E-state index >= 15 is 0 Å². The van der Waals surface area contributed by atoms with Crippen LogP contribution < -0.4 is 5.32 Å². The lowest BCUT2D eigenvalue weighted by molar-refractivity contribution is -0.384. The first-order valence-electron chi connectivity index (χ1n) is 14.5. The number of hydrogen-bond donors (Lipinski definition) is 2. The van der Waals surface area contributed by atoms with E-state index in [2.05, 4.69) is 36.5 Å². The summed E-state index contributed by atoms with van der Waals surface area (Å²) < 4.78 is 0. The minimum atomic E-state index is -0.449. The van der Waals surface area contributed by atoms with Crippen LogP contribution in [-0.2, 0) is 19.4 Å². The maximum Gasteiger partial charge on any atom is 0.269 e. The van der Waals surface area contributed by atoms with Crippen molar-refractivity contribution >= 4 is 11.6 Å². The fourth-order valence-electron chi connectivity index (χ4n) is 6.24. The second kappa shape index (κ2) is 13.0. The predicted molar refractivity (Wildman–Crippen MR) is 164 cm³/mol. The third kappa shape index (κ3) is 6.86. The Morgan fingerprint density at radius 3 is 2.14 bits per heavy atom. The number of phenols is 1. The van der Waals surface area contributed by atoms with Crippen LogP contribution in [0.1, 0.15) is 46.8 Å². The molecule has 4 aromatic rings. The Hall–Kier alpha value is -4.49. The molecule has 3 unspecified atom stereocenters. The number of nitrogens with zero attached hydrogens (tertiary/aromatic N) is 2. The first-order valence-corrected chi connectivity index (χ1v) is 14.5. The summed E-state index contributed by atoms with van der Waals surface area (Å²) in [6, 6.07) is 33.6. The van der Waals surface area contributed by atoms with Gasteiger partial charge >= 0.3 is 0 Å². The van der Waals surface area contributed by atoms with Crippen molar-refractivity contribution in [3.05, 3.63) is 142 Å². The smallest absolute Gasteiger partial charge is 0.269 e. The molecule has 1 fully saturated rings. The number of amides is 1. The molecule has 1 aliphatic heterocycles. The highest BCUT2D eigenvalue weighted by Crippen LogP contribution is 2.44. The second-order valence-corrected chi connectivity index (χ2v) is 11.5. The van der Waals surface area contributed by atoms with Gasteiger partial charge in [0.05, 0.1) is 4.92 Å². The molecule has 1 amide bonds. The number of benzene rings is 4. The summed E-state index contributed by atoms with van der Waals surface area (Å²) >= 11 is 0. The topological polar surface area (TPSA) is 95.7 Å². The lowest BCUT2D eigenvalue weighted by atomic mass is 9.78. The third-order valence-corrected chi connectivity index (χ3v) is 8.47. The van der Waals surface area contributed by atoms with Crippen LogP contribution in [0, 0.1) is 15.5 Å². The standard InChI is InChI=1S/C35H37N3O4/c1-35(25-36-24-28-10-6-3-7-11-28)23-31(17-12-26-8-4-2-5-9-26)37(33(35)22-27-13-20-32(39)21-14-27)34(40)29-15-18-30(19-16-29)38(41)42/h2-11,13-16,18-21,31,33,36,39H,12,17,22-25H2,1H3. The second-order valence-electron chi connectivity index (χ2n) is 11.5. The van der Waals surface area contributed by atoms with E-state index in [1.807, 2.05) is 53.4 Å². The molecule has 5 rings (SSSR count). The predicted octanol–water partition coefficient (Wildman–Crippen LogP) is 6.56. The zero-order valence-electron chi connectivity index (χ0n) is 23.9. The average molecular weight is 564 g/mol. The van der Waals surface area contributed by atoms with Gasteiger partial charge in [0, 0.05) is 48.3 Å². The molecule has 0 aromatic heterocycles. The summed E-state index contributed by atoms with van der Waals surface area (Å²) in [5, 5.41) is 24.8. The van der Waals surface area contributed by atoms with Crippen molar-refractivity contribution in [1.82, 2.24) is 10.2 Å². The van der Waals surface area contributed by atoms with Crippen LogP contribution in [0.3, 0.4) is 0 Å². The van der Waals surface area contributed by atoms with Gasteiger partial charge in [-0.2, -0.15) is 0 Å². The monoisotopic (exact) mass is 563 g/mol. The average Bonchev–Trinajstić information content (AvgIpc) is 3.28. The number of hydrogen-bond acceptors (Lipinski definition) is 5. The molecule has 0 spiro atoms. The fourth-order valence-corrected chi connectivity index (χ4v) is 6.24. The van der Waals surface area contributed by atoms with Crippen molar-refractivity contribution in [3.63, 3.8) is 0 Å². The van der Waals surface area contributed by atoms with Crippen molar-refractivity contribution in [2.75, 3.05) is 6.54 Å². The number of phenolic OH excluding ortho intramolecular Hbond substituents is 1. The summed E-state index contributed by atoms with van der Waals surface area (Å²) in [5.41, 5.74) is 3.63. The summed E-state index contributed by atoms with van der Waals surface area (Å²) in [4.78, 5) is 27.1. The number of carbonyl (C=O) groups is 1. The van der Waals surface area contributed by atoms with Gasteiger partial charge in [-0.15, -0.1) is 0 Å². The Balaban J connectivity index is 1.47. The van der Waals surface area contributed by atoms with Crippen molar-refractivity contribution in [2.24, 2.45) is 5.41 Å². The zero-order chi connectivity index (χ0) is 29.5. The highest BCUT2D eigenvalue weighted by molar-refractivity contribution is 5.95. The van der Waals surface area contributed by atoms with Crippen LogP contribution in [0.2, 0.25) is 0 Å². The maximum absolute atomic E-state index is 14.3. The normalized spacial score (nSPS) is 20.0. The van der Waals surface area contributed by atoms with Gasteiger partial charge in [0.15, 0.2) is 0 Å². The van der Waals surface area contributed by atoms with Crippen molar-refractivity contribution in [1.29, 1.82) is 0 Å². The van der Waals surface area contributed by atoms with Gasteiger partial charge in [-0.3, -0.25) is 14.9 Å². The summed E-state index contributed by atoms with van der Waals surface area (Å²) in [6.07, 6.45) is 3.10. The SMILES string of the molecule is CC1(CNCc2ccccc2)CC(CCc2ccccc2)N(C(=O)c2ccc([N+](=O)[O-])cc2)C1Cc1ccc(O)cc1. The van der Waals surface area contributed by atoms with Crippen molar-refractivity contribution in [3.8, 4) is 5.75 Å². The van der Waals surface area contributed by atoms with Crippen LogP contribution in [-0.4, -0.2) is 39.5 Å². The minimum Gasteiger partial charge on any atom is -0.508 e. The molecule has 0 aliphatic carbocycles. The van der Waals surface area contributed by atoms with Gasteiger partial charge < -0.3 is 15.3 Å². The van der Waals surface area contributed by atoms with E-state index in [1.165, 1.54) is 23.3 Å². The highest BCUT2D eigenvalue weighted by Gasteiger charge is 2.50. The zero-order valence-corrected chi connectivity index (χ0v) is 23.9. The number of rotatable bonds is 11. The number of aromatic hydroxyl groups is 1. The maximum atomic E-state index is 14.3. The van der Waals surface area contributed by atoms with Crippen molar-refractivity contribution < 1.29 is 14.8 Å². The van der Waals surface area contributed by atoms with Gasteiger partial charge in [-0.1, -0.05) is 79.7 Å². The number of nitro groups is 1. The molecule has 216 valence electrons. The molecular weight excluding hydrogens is 526 g/mol. The Bertz CT molecular complexity index is 1480. The van der Waals surface area contributed by atoms with Gasteiger partial charge in [0.2, 0.25) is 0 Å². The van der Waals surface area contributed by atoms with Crippen LogP contribution in [0.25, 0.3) is 0 Å². The number of nitro benzene ring substituents is 1. The number of non-ortho nitro benzene ring substituents is 1. The van der Waals surface area contributed by atoms with E-state index in [4.69, 9.17) is 0 Å². The van der Waals surface area contributed by atoms with Crippen molar-refractivity contribution in [2.45, 2.75) is 51.2 Å². The first kappa shape index (κ1) is 29.0. The molecule has 1 saturated heterocycles. The molecule has 0 radical (unpaired) electrons. The Morgan fingerprint density at radius 2 is 1.52 bits per heavy atom. The first-order chi connectivity index (χ1) is 20.3. The van der Waals surface area contributed by atoms with Gasteiger partial charge in [-0.25, -0.2) is 0 Å². The molecule has 3 atom stereocenters. The quantitative estimate of drug-likeness (QED) is 0.159. The molecule has 0 saturated carbocycles. The number of aryl methyl sites for hydroxylation is 1. The van der Waals surface area contributed by atoms with E-state index in [9.17, 15) is 20.0 Å². The van der Waals surface area contributed by atoms with E-state index in [0.717, 1.165) is 37.9 Å². The summed E-state index contributed by atoms with van der Waals surface area (Å²) in [5.74, 6) is 0.0931. The van der Waals surface area contributed by atoms with Gasteiger partial charge in [-0.05, 0) is 66.6 Å². The largest absolute Gasteiger partial charge is 0.508 e. The van der Waals surface area contributed by atoms with Crippen LogP contribution in [0.15, 0.2) is 109 Å². The van der Waals surface area contributed by atoms with Crippen LogP contribution in [0.4, 0.5) is 5.69 Å². The summed E-state index contributed by atoms with van der Waals surface area (Å²) in [7, 11) is 0. The lowest BCUT2D eigenvalue weighted by Crippen LogP contribution is -2.48. The highest BCUT2D eigenvalue weighted by atomic mass is 16.6. The minimum absolute atomic E-state index is 0.0152. The molecule has 42 heavy (non-hydrogen) atoms. The molecular formula is C35H37N3O4.